The van der Waals surface area contributed by atoms with E-state index in [9.17, 15) is 28.3 Å². The summed E-state index contributed by atoms with van der Waals surface area (Å²) in [5, 5.41) is 29.3. The number of hydrogen-bond acceptors (Lipinski definition) is 8. The van der Waals surface area contributed by atoms with Gasteiger partial charge in [-0.2, -0.15) is 0 Å². The molecule has 1 aliphatic heterocycles. The molecule has 0 aliphatic carbocycles. The number of hydrogen-bond donors (Lipinski definition) is 5. The predicted molar refractivity (Wildman–Crippen MR) is 183 cm³/mol. The number of amides is 3. The van der Waals surface area contributed by atoms with Crippen LogP contribution in [-0.4, -0.2) is 72.3 Å². The zero-order chi connectivity index (χ0) is 36.0. The van der Waals surface area contributed by atoms with E-state index in [1.165, 1.54) is 4.90 Å². The number of benzene rings is 3. The van der Waals surface area contributed by atoms with E-state index in [0.29, 0.717) is 37.2 Å². The van der Waals surface area contributed by atoms with Crippen LogP contribution in [0.4, 0.5) is 14.5 Å². The van der Waals surface area contributed by atoms with E-state index in [4.69, 9.17) is 15.7 Å². The van der Waals surface area contributed by atoms with E-state index in [-0.39, 0.29) is 68.8 Å². The number of rotatable bonds is 17. The second-order valence-corrected chi connectivity index (χ2v) is 11.7. The van der Waals surface area contributed by atoms with Gasteiger partial charge >= 0.3 is 0 Å². The maximum absolute atomic E-state index is 14.4. The number of ether oxygens (including phenoxy) is 1. The molecule has 0 unspecified atom stereocenters. The van der Waals surface area contributed by atoms with Gasteiger partial charge in [0.1, 0.15) is 11.9 Å². The number of carbonyl (C=O) groups excluding carboxylic acids is 3. The third kappa shape index (κ3) is 10.2. The van der Waals surface area contributed by atoms with Crippen LogP contribution < -0.4 is 16.0 Å². The average molecular weight is 691 g/mol. The molecule has 50 heavy (non-hydrogen) atoms. The number of halogens is 2. The summed E-state index contributed by atoms with van der Waals surface area (Å²) in [6.45, 7) is 2.64. The van der Waals surface area contributed by atoms with E-state index < -0.39 is 29.3 Å². The Morgan fingerprint density at radius 1 is 1.04 bits per heavy atom. The first-order valence-corrected chi connectivity index (χ1v) is 16.2. The van der Waals surface area contributed by atoms with Crippen LogP contribution in [0.5, 0.6) is 5.75 Å². The molecule has 13 nitrogen and oxygen atoms in total. The molecule has 0 saturated heterocycles. The standard InChI is InChI=1S/C35H40F2N8O5/c1-22-6-7-24(18-29(22)42-20-27-28(36)8-9-31(46)33(27)37)35(49)45-21-25-5-3-2-4-23(25)19-30(45)34(48)41-15-17-50-16-12-32(47)40-13-10-26(38)11-14-43-44-39/h2-9,18,30,38,42,46H,10-17,19-21H2,1H3,(H,40,47)(H,41,48)/t30-/m0/s1. The van der Waals surface area contributed by atoms with Crippen molar-refractivity contribution in [3.8, 4) is 5.75 Å². The summed E-state index contributed by atoms with van der Waals surface area (Å²) in [7, 11) is 0. The lowest BCUT2D eigenvalue weighted by Gasteiger charge is -2.36. The number of phenols is 1. The van der Waals surface area contributed by atoms with Crippen LogP contribution in [0, 0.1) is 24.0 Å². The quantitative estimate of drug-likeness (QED) is 0.0439. The van der Waals surface area contributed by atoms with Crippen LogP contribution in [0.2, 0.25) is 0 Å². The number of anilines is 1. The first kappa shape index (κ1) is 37.3. The first-order chi connectivity index (χ1) is 24.1. The molecule has 4 rings (SSSR count). The highest BCUT2D eigenvalue weighted by Crippen LogP contribution is 2.28. The highest BCUT2D eigenvalue weighted by atomic mass is 19.1. The van der Waals surface area contributed by atoms with Crippen molar-refractivity contribution in [1.29, 1.82) is 5.41 Å². The Hall–Kier alpha value is -5.53. The summed E-state index contributed by atoms with van der Waals surface area (Å²) in [4.78, 5) is 43.6. The Morgan fingerprint density at radius 2 is 1.82 bits per heavy atom. The maximum Gasteiger partial charge on any atom is 0.254 e. The number of carbonyl (C=O) groups is 3. The average Bonchev–Trinajstić information content (AvgIpc) is 3.11. The minimum Gasteiger partial charge on any atom is -0.505 e. The molecule has 0 saturated carbocycles. The highest BCUT2D eigenvalue weighted by molar-refractivity contribution is 5.99. The third-order valence-corrected chi connectivity index (χ3v) is 8.26. The molecule has 0 radical (unpaired) electrons. The van der Waals surface area contributed by atoms with E-state index in [2.05, 4.69) is 26.0 Å². The van der Waals surface area contributed by atoms with Gasteiger partial charge in [-0.3, -0.25) is 14.4 Å². The number of aryl methyl sites for hydroxylation is 1. The summed E-state index contributed by atoms with van der Waals surface area (Å²) < 4.78 is 34.2. The zero-order valence-electron chi connectivity index (χ0n) is 27.7. The van der Waals surface area contributed by atoms with Gasteiger partial charge in [-0.25, -0.2) is 8.78 Å². The number of nitrogens with zero attached hydrogens (tertiary/aromatic N) is 4. The van der Waals surface area contributed by atoms with Crippen molar-refractivity contribution in [2.75, 3.05) is 38.2 Å². The fourth-order valence-electron chi connectivity index (χ4n) is 5.44. The molecule has 1 heterocycles. The van der Waals surface area contributed by atoms with Crippen molar-refractivity contribution in [2.45, 2.75) is 51.7 Å². The van der Waals surface area contributed by atoms with Crippen LogP contribution in [0.15, 0.2) is 59.7 Å². The number of fused-ring (bicyclic) bond motifs is 1. The molecule has 0 bridgehead atoms. The van der Waals surface area contributed by atoms with Gasteiger partial charge in [-0.05, 0) is 59.8 Å². The molecular weight excluding hydrogens is 650 g/mol. The van der Waals surface area contributed by atoms with Crippen molar-refractivity contribution in [3.05, 3.63) is 104 Å². The van der Waals surface area contributed by atoms with Gasteiger partial charge in [0.25, 0.3) is 5.91 Å². The SMILES string of the molecule is Cc1ccc(C(=O)N2Cc3ccccc3C[C@H]2C(=O)NCCOCCC(=O)NCCC(=N)CCN=[N+]=[N-])cc1NCc1c(F)ccc(O)c1F. The van der Waals surface area contributed by atoms with Gasteiger partial charge in [-0.15, -0.1) is 0 Å². The van der Waals surface area contributed by atoms with Gasteiger partial charge in [0.15, 0.2) is 11.6 Å². The third-order valence-electron chi connectivity index (χ3n) is 8.26. The number of aromatic hydroxyl groups is 1. The smallest absolute Gasteiger partial charge is 0.254 e. The van der Waals surface area contributed by atoms with Crippen LogP contribution in [-0.2, 0) is 33.8 Å². The van der Waals surface area contributed by atoms with Gasteiger partial charge in [-0.1, -0.05) is 35.4 Å². The summed E-state index contributed by atoms with van der Waals surface area (Å²) in [6, 6.07) is 13.6. The first-order valence-electron chi connectivity index (χ1n) is 16.2. The Bertz CT molecular complexity index is 1760. The normalized spacial score (nSPS) is 13.5. The van der Waals surface area contributed by atoms with E-state index >= 15 is 0 Å². The number of azide groups is 1. The molecular formula is C35H40F2N8O5. The molecule has 5 N–H and O–H groups in total. The molecule has 1 atom stereocenters. The minimum absolute atomic E-state index is 0.104. The lowest BCUT2D eigenvalue weighted by atomic mass is 9.92. The van der Waals surface area contributed by atoms with Gasteiger partial charge < -0.3 is 36.1 Å². The van der Waals surface area contributed by atoms with Crippen LogP contribution in [0.25, 0.3) is 10.4 Å². The van der Waals surface area contributed by atoms with Gasteiger partial charge in [0.05, 0.1) is 13.2 Å². The van der Waals surface area contributed by atoms with E-state index in [0.717, 1.165) is 28.8 Å². The van der Waals surface area contributed by atoms with Crippen LogP contribution in [0.3, 0.4) is 0 Å². The Balaban J connectivity index is 1.32. The Labute approximate surface area is 288 Å². The number of phenolic OH excluding ortho intramolecular Hbond substituents is 1. The fraction of sp³-hybridized carbons (Fsp3) is 0.371. The minimum atomic E-state index is -1.06. The molecule has 0 spiro atoms. The monoisotopic (exact) mass is 690 g/mol. The maximum atomic E-state index is 14.4. The Morgan fingerprint density at radius 3 is 2.60 bits per heavy atom. The van der Waals surface area contributed by atoms with Crippen molar-refractivity contribution in [1.82, 2.24) is 15.5 Å². The van der Waals surface area contributed by atoms with Crippen molar-refractivity contribution >= 4 is 29.1 Å². The lowest BCUT2D eigenvalue weighted by Crippen LogP contribution is -2.53. The zero-order valence-corrected chi connectivity index (χ0v) is 27.7. The molecule has 0 aromatic heterocycles. The molecule has 3 aromatic carbocycles. The second kappa shape index (κ2) is 18.3. The van der Waals surface area contributed by atoms with Crippen molar-refractivity contribution < 1.29 is 33.0 Å². The molecule has 1 aliphatic rings. The molecule has 15 heteroatoms. The highest BCUT2D eigenvalue weighted by Gasteiger charge is 2.35. The molecule has 3 aromatic rings. The molecule has 0 fully saturated rings. The molecule has 3 amide bonds. The van der Waals surface area contributed by atoms with E-state index in [1.54, 1.807) is 25.1 Å². The number of nitrogens with one attached hydrogen (secondary N) is 4. The summed E-state index contributed by atoms with van der Waals surface area (Å²) in [5.41, 5.74) is 11.6. The van der Waals surface area contributed by atoms with Crippen molar-refractivity contribution in [3.63, 3.8) is 0 Å². The summed E-state index contributed by atoms with van der Waals surface area (Å²) >= 11 is 0. The summed E-state index contributed by atoms with van der Waals surface area (Å²) in [6.07, 6.45) is 1.10. The van der Waals surface area contributed by atoms with E-state index in [1.807, 2.05) is 24.3 Å². The van der Waals surface area contributed by atoms with Crippen LogP contribution >= 0.6 is 0 Å². The Kier molecular flexibility index (Phi) is 13.6. The van der Waals surface area contributed by atoms with Crippen molar-refractivity contribution in [2.24, 2.45) is 5.11 Å². The largest absolute Gasteiger partial charge is 0.505 e. The topological polar surface area (TPSA) is 193 Å². The predicted octanol–water partition coefficient (Wildman–Crippen LogP) is 4.91. The second-order valence-electron chi connectivity index (χ2n) is 11.7. The van der Waals surface area contributed by atoms with Gasteiger partial charge in [0, 0.05) is 79.4 Å². The summed E-state index contributed by atoms with van der Waals surface area (Å²) in [5.74, 6) is -3.55. The lowest BCUT2D eigenvalue weighted by molar-refractivity contribution is -0.126. The molecule has 264 valence electrons. The van der Waals surface area contributed by atoms with Gasteiger partial charge in [0.2, 0.25) is 11.8 Å². The fourth-order valence-corrected chi connectivity index (χ4v) is 5.44. The van der Waals surface area contributed by atoms with Crippen LogP contribution in [0.1, 0.15) is 51.9 Å².